The molecule has 4 nitrogen and oxygen atoms in total. The van der Waals surface area contributed by atoms with Crippen LogP contribution in [0, 0.1) is 5.92 Å². The van der Waals surface area contributed by atoms with Crippen LogP contribution in [-0.4, -0.2) is 53.7 Å². The monoisotopic (exact) mass is 316 g/mol. The lowest BCUT2D eigenvalue weighted by atomic mass is 10.1. The van der Waals surface area contributed by atoms with Crippen molar-refractivity contribution in [1.29, 1.82) is 0 Å². The molecule has 126 valence electrons. The van der Waals surface area contributed by atoms with Crippen molar-refractivity contribution >= 4 is 6.09 Å². The van der Waals surface area contributed by atoms with Crippen molar-refractivity contribution in [3.05, 3.63) is 35.9 Å². The minimum absolute atomic E-state index is 0.0129. The number of hydrogen-bond donors (Lipinski definition) is 0. The Labute approximate surface area is 139 Å². The fourth-order valence-corrected chi connectivity index (χ4v) is 3.69. The Kier molecular flexibility index (Phi) is 4.13. The summed E-state index contributed by atoms with van der Waals surface area (Å²) >= 11 is 0. The molecule has 1 saturated carbocycles. The molecule has 4 heteroatoms. The third-order valence-corrected chi connectivity index (χ3v) is 5.07. The van der Waals surface area contributed by atoms with Crippen LogP contribution in [0.3, 0.4) is 0 Å². The first-order valence-electron chi connectivity index (χ1n) is 8.53. The molecule has 3 rings (SSSR count). The van der Waals surface area contributed by atoms with Gasteiger partial charge in [-0.3, -0.25) is 0 Å². The predicted molar refractivity (Wildman–Crippen MR) is 91.4 cm³/mol. The normalized spacial score (nSPS) is 26.7. The van der Waals surface area contributed by atoms with Gasteiger partial charge in [0, 0.05) is 26.7 Å². The molecular formula is C19H28N2O2. The van der Waals surface area contributed by atoms with Crippen LogP contribution in [-0.2, 0) is 11.2 Å². The average Bonchev–Trinajstić information content (AvgIpc) is 3.06. The van der Waals surface area contributed by atoms with Crippen LogP contribution in [0.5, 0.6) is 0 Å². The number of nitrogens with zero attached hydrogens (tertiary/aromatic N) is 2. The van der Waals surface area contributed by atoms with Crippen molar-refractivity contribution < 1.29 is 9.53 Å². The highest BCUT2D eigenvalue weighted by atomic mass is 16.6. The molecule has 1 aliphatic carbocycles. The molecule has 23 heavy (non-hydrogen) atoms. The van der Waals surface area contributed by atoms with Gasteiger partial charge in [0.05, 0.1) is 5.54 Å². The van der Waals surface area contributed by atoms with Gasteiger partial charge in [-0.25, -0.2) is 4.79 Å². The van der Waals surface area contributed by atoms with Gasteiger partial charge in [-0.05, 0) is 45.1 Å². The van der Waals surface area contributed by atoms with Gasteiger partial charge >= 0.3 is 6.09 Å². The van der Waals surface area contributed by atoms with Crippen molar-refractivity contribution in [2.45, 2.75) is 44.8 Å². The van der Waals surface area contributed by atoms with Gasteiger partial charge in [0.2, 0.25) is 0 Å². The second-order valence-electron chi connectivity index (χ2n) is 8.01. The first-order valence-corrected chi connectivity index (χ1v) is 8.53. The highest BCUT2D eigenvalue weighted by molar-refractivity contribution is 5.70. The van der Waals surface area contributed by atoms with Gasteiger partial charge in [-0.2, -0.15) is 0 Å². The summed E-state index contributed by atoms with van der Waals surface area (Å²) in [5.74, 6) is 0.607. The summed E-state index contributed by atoms with van der Waals surface area (Å²) in [6.45, 7) is 8.88. The fraction of sp³-hybridized carbons (Fsp3) is 0.632. The van der Waals surface area contributed by atoms with Gasteiger partial charge in [-0.15, -0.1) is 0 Å². The molecule has 0 aromatic heterocycles. The van der Waals surface area contributed by atoms with Crippen LogP contribution in [0.2, 0.25) is 0 Å². The molecule has 0 radical (unpaired) electrons. The van der Waals surface area contributed by atoms with Gasteiger partial charge in [0.25, 0.3) is 0 Å². The maximum absolute atomic E-state index is 12.3. The van der Waals surface area contributed by atoms with Crippen LogP contribution < -0.4 is 0 Å². The lowest BCUT2D eigenvalue weighted by Gasteiger charge is -2.31. The predicted octanol–water partition coefficient (Wildman–Crippen LogP) is 3.17. The van der Waals surface area contributed by atoms with Crippen molar-refractivity contribution in [2.24, 2.45) is 5.92 Å². The van der Waals surface area contributed by atoms with Crippen LogP contribution in [0.25, 0.3) is 0 Å². The maximum atomic E-state index is 12.3. The number of fused-ring (bicyclic) bond motifs is 1. The van der Waals surface area contributed by atoms with E-state index in [2.05, 4.69) is 35.2 Å². The van der Waals surface area contributed by atoms with E-state index in [1.54, 1.807) is 0 Å². The Balaban J connectivity index is 1.54. The number of likely N-dealkylation sites (N-methyl/N-ethyl adjacent to an activating group) is 1. The highest BCUT2D eigenvalue weighted by Crippen LogP contribution is 2.53. The molecule has 2 fully saturated rings. The molecule has 1 aliphatic heterocycles. The first-order chi connectivity index (χ1) is 10.8. The number of rotatable bonds is 4. The topological polar surface area (TPSA) is 32.8 Å². The van der Waals surface area contributed by atoms with Crippen molar-refractivity contribution in [1.82, 2.24) is 9.80 Å². The van der Waals surface area contributed by atoms with E-state index >= 15 is 0 Å². The van der Waals surface area contributed by atoms with Gasteiger partial charge in [0.1, 0.15) is 5.60 Å². The lowest BCUT2D eigenvalue weighted by molar-refractivity contribution is 0.0182. The van der Waals surface area contributed by atoms with Crippen LogP contribution in [0.15, 0.2) is 30.3 Å². The number of benzene rings is 1. The molecule has 1 saturated heterocycles. The SMILES string of the molecule is CN(C(=O)OC(C)(C)C)C12CC1CN(CCc1ccccc1)C2. The Morgan fingerprint density at radius 3 is 2.70 bits per heavy atom. The number of carbonyl (C=O) groups is 1. The van der Waals surface area contributed by atoms with Crippen LogP contribution in [0.1, 0.15) is 32.8 Å². The van der Waals surface area contributed by atoms with Gasteiger partial charge < -0.3 is 14.5 Å². The highest BCUT2D eigenvalue weighted by Gasteiger charge is 2.63. The largest absolute Gasteiger partial charge is 0.444 e. The molecule has 1 amide bonds. The molecule has 1 heterocycles. The second-order valence-corrected chi connectivity index (χ2v) is 8.01. The molecule has 1 aromatic rings. The van der Waals surface area contributed by atoms with E-state index < -0.39 is 5.60 Å². The number of carbonyl (C=O) groups excluding carboxylic acids is 1. The second kappa shape index (κ2) is 5.82. The standard InChI is InChI=1S/C19H28N2O2/c1-18(2,3)23-17(22)20(4)19-12-16(19)13-21(14-19)11-10-15-8-6-5-7-9-15/h5-9,16H,10-14H2,1-4H3. The van der Waals surface area contributed by atoms with Gasteiger partial charge in [-0.1, -0.05) is 30.3 Å². The summed E-state index contributed by atoms with van der Waals surface area (Å²) in [5.41, 5.74) is 0.958. The van der Waals surface area contributed by atoms with Crippen molar-refractivity contribution in [2.75, 3.05) is 26.7 Å². The van der Waals surface area contributed by atoms with E-state index in [1.165, 1.54) is 5.56 Å². The van der Waals surface area contributed by atoms with Crippen molar-refractivity contribution in [3.8, 4) is 0 Å². The average molecular weight is 316 g/mol. The first kappa shape index (κ1) is 16.3. The van der Waals surface area contributed by atoms with E-state index in [4.69, 9.17) is 4.74 Å². The molecule has 2 atom stereocenters. The Hall–Kier alpha value is -1.55. The summed E-state index contributed by atoms with van der Waals surface area (Å²) in [5, 5.41) is 0. The lowest BCUT2D eigenvalue weighted by Crippen LogP contribution is -2.46. The van der Waals surface area contributed by atoms with Gasteiger partial charge in [0.15, 0.2) is 0 Å². The van der Waals surface area contributed by atoms with Crippen LogP contribution in [0.4, 0.5) is 4.79 Å². The molecule has 0 spiro atoms. The summed E-state index contributed by atoms with van der Waals surface area (Å²) in [6, 6.07) is 10.6. The molecule has 1 aromatic carbocycles. The van der Waals surface area contributed by atoms with Crippen LogP contribution >= 0.6 is 0 Å². The third-order valence-electron chi connectivity index (χ3n) is 5.07. The molecule has 0 bridgehead atoms. The van der Waals surface area contributed by atoms with E-state index in [0.717, 1.165) is 32.5 Å². The molecule has 2 unspecified atom stereocenters. The zero-order valence-corrected chi connectivity index (χ0v) is 14.7. The van der Waals surface area contributed by atoms with Crippen molar-refractivity contribution in [3.63, 3.8) is 0 Å². The summed E-state index contributed by atoms with van der Waals surface area (Å²) in [4.78, 5) is 16.7. The number of hydrogen-bond acceptors (Lipinski definition) is 3. The molecule has 0 N–H and O–H groups in total. The van der Waals surface area contributed by atoms with E-state index in [9.17, 15) is 4.79 Å². The maximum Gasteiger partial charge on any atom is 0.410 e. The Morgan fingerprint density at radius 2 is 2.04 bits per heavy atom. The molecule has 2 aliphatic rings. The number of piperidine rings is 1. The number of likely N-dealkylation sites (tertiary alicyclic amines) is 1. The zero-order chi connectivity index (χ0) is 16.7. The Morgan fingerprint density at radius 1 is 1.35 bits per heavy atom. The third kappa shape index (κ3) is 3.52. The minimum atomic E-state index is -0.433. The number of amides is 1. The molecular weight excluding hydrogens is 288 g/mol. The van der Waals surface area contributed by atoms with E-state index in [-0.39, 0.29) is 11.6 Å². The minimum Gasteiger partial charge on any atom is -0.444 e. The number of ether oxygens (including phenoxy) is 1. The quantitative estimate of drug-likeness (QED) is 0.855. The van der Waals surface area contributed by atoms with E-state index in [1.807, 2.05) is 32.7 Å². The summed E-state index contributed by atoms with van der Waals surface area (Å²) in [6.07, 6.45) is 1.99. The summed E-state index contributed by atoms with van der Waals surface area (Å²) in [7, 11) is 1.90. The smallest absolute Gasteiger partial charge is 0.410 e. The van der Waals surface area contributed by atoms with E-state index in [0.29, 0.717) is 5.92 Å². The summed E-state index contributed by atoms with van der Waals surface area (Å²) < 4.78 is 5.54. The zero-order valence-electron chi connectivity index (χ0n) is 14.7. The fourth-order valence-electron chi connectivity index (χ4n) is 3.69. The Bertz CT molecular complexity index is 566.